The number of hydrogen-bond donors (Lipinski definition) is 0. The Morgan fingerprint density at radius 1 is 0.375 bits per heavy atom. The number of hydrogen-bond acceptors (Lipinski definition) is 2. The van der Waals surface area contributed by atoms with Crippen LogP contribution in [0.15, 0.2) is 212 Å². The van der Waals surface area contributed by atoms with Gasteiger partial charge in [-0.2, -0.15) is 0 Å². The van der Waals surface area contributed by atoms with Crippen molar-refractivity contribution in [3.05, 3.63) is 235 Å². The first kappa shape index (κ1) is 32.1. The second kappa shape index (κ2) is 12.9. The third-order valence-electron chi connectivity index (χ3n) is 11.5. The zero-order valence-corrected chi connectivity index (χ0v) is 30.5. The van der Waals surface area contributed by atoms with E-state index in [2.05, 4.69) is 217 Å². The van der Waals surface area contributed by atoms with Crippen LogP contribution in [0.25, 0.3) is 72.5 Å². The fourth-order valence-corrected chi connectivity index (χ4v) is 9.12. The summed E-state index contributed by atoms with van der Waals surface area (Å²) in [5.41, 5.74) is 15.1. The quantitative estimate of drug-likeness (QED) is 0.172. The van der Waals surface area contributed by atoms with Gasteiger partial charge in [0.1, 0.15) is 0 Å². The van der Waals surface area contributed by atoms with Gasteiger partial charge in [0.25, 0.3) is 0 Å². The van der Waals surface area contributed by atoms with Gasteiger partial charge in [0.15, 0.2) is 0 Å². The number of para-hydroxylation sites is 1. The molecule has 0 N–H and O–H groups in total. The minimum atomic E-state index is -0.607. The lowest BCUT2D eigenvalue weighted by atomic mass is 9.67. The molecule has 11 rings (SSSR count). The van der Waals surface area contributed by atoms with Gasteiger partial charge in [-0.25, -0.2) is 9.97 Å². The molecule has 0 amide bonds. The van der Waals surface area contributed by atoms with Gasteiger partial charge in [0.2, 0.25) is 5.95 Å². The molecule has 3 heteroatoms. The summed E-state index contributed by atoms with van der Waals surface area (Å²) in [6.07, 6.45) is 0. The summed E-state index contributed by atoms with van der Waals surface area (Å²) in [6, 6.07) is 76.2. The summed E-state index contributed by atoms with van der Waals surface area (Å²) < 4.78 is 2.34. The van der Waals surface area contributed by atoms with Crippen molar-refractivity contribution in [2.45, 2.75) is 5.41 Å². The zero-order chi connectivity index (χ0) is 37.1. The molecule has 2 heterocycles. The van der Waals surface area contributed by atoms with E-state index in [0.29, 0.717) is 5.95 Å². The molecule has 0 bridgehead atoms. The van der Waals surface area contributed by atoms with Crippen molar-refractivity contribution in [1.29, 1.82) is 0 Å². The summed E-state index contributed by atoms with van der Waals surface area (Å²) in [6.45, 7) is 0. The molecule has 2 aromatic heterocycles. The molecule has 0 unspecified atom stereocenters. The maximum absolute atomic E-state index is 5.53. The van der Waals surface area contributed by atoms with Crippen molar-refractivity contribution in [2.75, 3.05) is 0 Å². The van der Waals surface area contributed by atoms with E-state index in [9.17, 15) is 0 Å². The van der Waals surface area contributed by atoms with Gasteiger partial charge < -0.3 is 0 Å². The Balaban J connectivity index is 1.28. The highest BCUT2D eigenvalue weighted by atomic mass is 15.2. The van der Waals surface area contributed by atoms with E-state index >= 15 is 0 Å². The fourth-order valence-electron chi connectivity index (χ4n) is 9.12. The van der Waals surface area contributed by atoms with Crippen LogP contribution in [0.5, 0.6) is 0 Å². The number of benzene rings is 8. The Morgan fingerprint density at radius 3 is 1.64 bits per heavy atom. The van der Waals surface area contributed by atoms with Crippen LogP contribution in [0.1, 0.15) is 22.3 Å². The van der Waals surface area contributed by atoms with Crippen molar-refractivity contribution in [1.82, 2.24) is 14.5 Å². The molecular formula is C53H35N3. The van der Waals surface area contributed by atoms with E-state index in [4.69, 9.17) is 9.97 Å². The topological polar surface area (TPSA) is 30.7 Å². The minimum absolute atomic E-state index is 0.607. The zero-order valence-electron chi connectivity index (χ0n) is 30.5. The number of fused-ring (bicyclic) bond motifs is 7. The number of aromatic nitrogens is 3. The van der Waals surface area contributed by atoms with Crippen LogP contribution in [0.2, 0.25) is 0 Å². The average molecular weight is 714 g/mol. The summed E-state index contributed by atoms with van der Waals surface area (Å²) in [4.78, 5) is 11.0. The van der Waals surface area contributed by atoms with E-state index in [1.165, 1.54) is 44.3 Å². The predicted molar refractivity (Wildman–Crippen MR) is 230 cm³/mol. The van der Waals surface area contributed by atoms with Crippen molar-refractivity contribution in [2.24, 2.45) is 0 Å². The van der Waals surface area contributed by atoms with Crippen molar-refractivity contribution in [3.8, 4) is 50.7 Å². The van der Waals surface area contributed by atoms with Gasteiger partial charge in [0, 0.05) is 27.5 Å². The van der Waals surface area contributed by atoms with E-state index < -0.39 is 5.41 Å². The molecule has 0 saturated carbocycles. The number of nitrogens with zero attached hydrogens (tertiary/aromatic N) is 3. The first-order chi connectivity index (χ1) is 27.8. The molecule has 0 spiro atoms. The van der Waals surface area contributed by atoms with Gasteiger partial charge in [-0.15, -0.1) is 0 Å². The molecule has 1 aliphatic rings. The van der Waals surface area contributed by atoms with Gasteiger partial charge in [-0.1, -0.05) is 194 Å². The van der Waals surface area contributed by atoms with Crippen LogP contribution < -0.4 is 0 Å². The summed E-state index contributed by atoms with van der Waals surface area (Å²) in [5.74, 6) is 0.636. The molecule has 262 valence electrons. The Labute approximate surface area is 325 Å². The smallest absolute Gasteiger partial charge is 0.235 e. The lowest BCUT2D eigenvalue weighted by Crippen LogP contribution is -2.29. The van der Waals surface area contributed by atoms with Gasteiger partial charge in [-0.3, -0.25) is 4.57 Å². The van der Waals surface area contributed by atoms with Gasteiger partial charge in [-0.05, 0) is 57.1 Å². The summed E-state index contributed by atoms with van der Waals surface area (Å²) in [5, 5.41) is 2.34. The molecule has 0 aliphatic heterocycles. The molecule has 0 fully saturated rings. The van der Waals surface area contributed by atoms with Crippen LogP contribution >= 0.6 is 0 Å². The van der Waals surface area contributed by atoms with Crippen LogP contribution in [-0.2, 0) is 5.41 Å². The molecule has 1 aliphatic carbocycles. The first-order valence-corrected chi connectivity index (χ1v) is 19.2. The first-order valence-electron chi connectivity index (χ1n) is 19.2. The van der Waals surface area contributed by atoms with Crippen LogP contribution in [0, 0.1) is 0 Å². The Bertz CT molecular complexity index is 3020. The monoisotopic (exact) mass is 713 g/mol. The normalized spacial score (nSPS) is 12.8. The Morgan fingerprint density at radius 2 is 0.929 bits per heavy atom. The summed E-state index contributed by atoms with van der Waals surface area (Å²) >= 11 is 0. The minimum Gasteiger partial charge on any atom is -0.278 e. The predicted octanol–water partition coefficient (Wildman–Crippen LogP) is 12.9. The molecule has 0 saturated heterocycles. The maximum atomic E-state index is 5.53. The third-order valence-corrected chi connectivity index (χ3v) is 11.5. The van der Waals surface area contributed by atoms with Crippen molar-refractivity contribution in [3.63, 3.8) is 0 Å². The second-order valence-corrected chi connectivity index (χ2v) is 14.5. The van der Waals surface area contributed by atoms with Crippen LogP contribution in [0.4, 0.5) is 0 Å². The Hall–Kier alpha value is -7.36. The SMILES string of the molecule is c1ccc(-c2cccc(-c3cc(-c4ccccc4)nc(-n4c5ccccc5c5ccc6c(c54)C(c4ccccc4)(c4ccccc4)c4ccccc4-6)n3)c2)cc1. The van der Waals surface area contributed by atoms with E-state index in [-0.39, 0.29) is 0 Å². The number of rotatable bonds is 6. The standard InChI is InChI=1S/C53H35N3/c1-5-18-36(19-6-1)38-22-17-23-39(34-38)48-35-47(37-20-7-2-8-21-37)54-52(55-48)56-49-31-16-14-29-43(49)45-33-32-44-42-28-13-15-30-46(42)53(50(44)51(45)56,40-24-9-3-10-25-40)41-26-11-4-12-27-41/h1-35H. The largest absolute Gasteiger partial charge is 0.278 e. The van der Waals surface area contributed by atoms with Gasteiger partial charge >= 0.3 is 0 Å². The van der Waals surface area contributed by atoms with Crippen molar-refractivity contribution >= 4 is 21.8 Å². The van der Waals surface area contributed by atoms with E-state index in [1.807, 2.05) is 0 Å². The van der Waals surface area contributed by atoms with E-state index in [1.54, 1.807) is 0 Å². The maximum Gasteiger partial charge on any atom is 0.235 e. The van der Waals surface area contributed by atoms with Crippen molar-refractivity contribution < 1.29 is 0 Å². The second-order valence-electron chi connectivity index (χ2n) is 14.5. The Kier molecular flexibility index (Phi) is 7.39. The molecule has 3 nitrogen and oxygen atoms in total. The molecule has 56 heavy (non-hydrogen) atoms. The van der Waals surface area contributed by atoms with Crippen LogP contribution in [0.3, 0.4) is 0 Å². The molecule has 0 atom stereocenters. The highest BCUT2D eigenvalue weighted by molar-refractivity contribution is 6.13. The van der Waals surface area contributed by atoms with E-state index in [0.717, 1.165) is 44.5 Å². The highest BCUT2D eigenvalue weighted by Crippen LogP contribution is 2.59. The lowest BCUT2D eigenvalue weighted by molar-refractivity contribution is 0.770. The third kappa shape index (κ3) is 4.84. The molecule has 10 aromatic rings. The molecule has 8 aromatic carbocycles. The average Bonchev–Trinajstić information content (AvgIpc) is 3.79. The highest BCUT2D eigenvalue weighted by Gasteiger charge is 2.48. The summed E-state index contributed by atoms with van der Waals surface area (Å²) in [7, 11) is 0. The van der Waals surface area contributed by atoms with Crippen LogP contribution in [-0.4, -0.2) is 14.5 Å². The van der Waals surface area contributed by atoms with Gasteiger partial charge in [0.05, 0.1) is 27.8 Å². The fraction of sp³-hybridized carbons (Fsp3) is 0.0189. The lowest BCUT2D eigenvalue weighted by Gasteiger charge is -2.34. The molecule has 0 radical (unpaired) electrons. The molecular weight excluding hydrogens is 679 g/mol.